The molecule has 106 valence electrons. The summed E-state index contributed by atoms with van der Waals surface area (Å²) in [7, 11) is 0. The number of anilines is 1. The highest BCUT2D eigenvalue weighted by Crippen LogP contribution is 2.25. The van der Waals surface area contributed by atoms with Gasteiger partial charge in [-0.3, -0.25) is 9.88 Å². The first kappa shape index (κ1) is 14.3. The summed E-state index contributed by atoms with van der Waals surface area (Å²) in [4.78, 5) is 7.08. The lowest BCUT2D eigenvalue weighted by Crippen LogP contribution is -2.34. The van der Waals surface area contributed by atoms with Gasteiger partial charge in [0.25, 0.3) is 0 Å². The molecule has 0 radical (unpaired) electrons. The largest absolute Gasteiger partial charge is 0.397 e. The molecular formula is C16H27N3. The molecule has 2 N–H and O–H groups in total. The van der Waals surface area contributed by atoms with Crippen LogP contribution in [0, 0.1) is 5.92 Å². The summed E-state index contributed by atoms with van der Waals surface area (Å²) in [5.41, 5.74) is 7.59. The van der Waals surface area contributed by atoms with E-state index in [-0.39, 0.29) is 0 Å². The number of nitrogens with two attached hydrogens (primary N) is 1. The van der Waals surface area contributed by atoms with Crippen LogP contribution in [0.3, 0.4) is 0 Å². The smallest absolute Gasteiger partial charge is 0.0545 e. The van der Waals surface area contributed by atoms with Gasteiger partial charge >= 0.3 is 0 Å². The van der Waals surface area contributed by atoms with E-state index in [0.29, 0.717) is 0 Å². The van der Waals surface area contributed by atoms with Crippen molar-refractivity contribution in [2.45, 2.75) is 58.5 Å². The van der Waals surface area contributed by atoms with E-state index in [1.165, 1.54) is 38.6 Å². The summed E-state index contributed by atoms with van der Waals surface area (Å²) in [6, 6.07) is 4.78. The lowest BCUT2D eigenvalue weighted by atomic mass is 10.1. The van der Waals surface area contributed by atoms with Gasteiger partial charge in [-0.25, -0.2) is 0 Å². The normalized spacial score (nSPS) is 16.6. The van der Waals surface area contributed by atoms with Crippen LogP contribution >= 0.6 is 0 Å². The molecule has 2 rings (SSSR count). The number of aromatic nitrogens is 1. The number of hydrogen-bond acceptors (Lipinski definition) is 3. The Morgan fingerprint density at radius 2 is 2.05 bits per heavy atom. The SMILES string of the molecule is CC(C)CCN(Cc1ccc(N)cn1)C1CCCC1. The number of rotatable bonds is 6. The van der Waals surface area contributed by atoms with E-state index < -0.39 is 0 Å². The van der Waals surface area contributed by atoms with Crippen molar-refractivity contribution >= 4 is 5.69 Å². The number of pyridine rings is 1. The molecular weight excluding hydrogens is 234 g/mol. The van der Waals surface area contributed by atoms with E-state index in [1.54, 1.807) is 6.20 Å². The summed E-state index contributed by atoms with van der Waals surface area (Å²) in [5.74, 6) is 0.767. The Balaban J connectivity index is 1.97. The van der Waals surface area contributed by atoms with Crippen molar-refractivity contribution in [1.82, 2.24) is 9.88 Å². The zero-order valence-electron chi connectivity index (χ0n) is 12.3. The molecule has 0 atom stereocenters. The fraction of sp³-hybridized carbons (Fsp3) is 0.688. The van der Waals surface area contributed by atoms with Gasteiger partial charge in [0.1, 0.15) is 0 Å². The molecule has 1 fully saturated rings. The maximum Gasteiger partial charge on any atom is 0.0545 e. The molecule has 1 aliphatic rings. The van der Waals surface area contributed by atoms with Gasteiger partial charge in [0.05, 0.1) is 17.6 Å². The fourth-order valence-electron chi connectivity index (χ4n) is 2.82. The molecule has 3 nitrogen and oxygen atoms in total. The van der Waals surface area contributed by atoms with Gasteiger partial charge in [-0.15, -0.1) is 0 Å². The lowest BCUT2D eigenvalue weighted by Gasteiger charge is -2.29. The third-order valence-electron chi connectivity index (χ3n) is 4.05. The molecule has 3 heteroatoms. The average Bonchev–Trinajstić information content (AvgIpc) is 2.90. The van der Waals surface area contributed by atoms with Crippen molar-refractivity contribution < 1.29 is 0 Å². The monoisotopic (exact) mass is 261 g/mol. The van der Waals surface area contributed by atoms with Crippen molar-refractivity contribution in [2.24, 2.45) is 5.92 Å². The predicted molar refractivity (Wildman–Crippen MR) is 80.8 cm³/mol. The topological polar surface area (TPSA) is 42.1 Å². The average molecular weight is 261 g/mol. The van der Waals surface area contributed by atoms with Gasteiger partial charge in [0, 0.05) is 12.6 Å². The van der Waals surface area contributed by atoms with Crippen LogP contribution in [-0.4, -0.2) is 22.5 Å². The van der Waals surface area contributed by atoms with Crippen LogP contribution in [0.5, 0.6) is 0 Å². The zero-order chi connectivity index (χ0) is 13.7. The first-order chi connectivity index (χ1) is 9.15. The summed E-state index contributed by atoms with van der Waals surface area (Å²) >= 11 is 0. The van der Waals surface area contributed by atoms with Crippen LogP contribution in [0.15, 0.2) is 18.3 Å². The highest BCUT2D eigenvalue weighted by atomic mass is 15.2. The molecule has 0 aromatic carbocycles. The molecule has 1 heterocycles. The zero-order valence-corrected chi connectivity index (χ0v) is 12.3. The van der Waals surface area contributed by atoms with Crippen molar-refractivity contribution in [3.63, 3.8) is 0 Å². The summed E-state index contributed by atoms with van der Waals surface area (Å²) in [5, 5.41) is 0. The molecule has 0 bridgehead atoms. The van der Waals surface area contributed by atoms with Gasteiger partial charge in [-0.2, -0.15) is 0 Å². The van der Waals surface area contributed by atoms with Crippen molar-refractivity contribution in [2.75, 3.05) is 12.3 Å². The van der Waals surface area contributed by atoms with Crippen LogP contribution in [0.1, 0.15) is 51.6 Å². The van der Waals surface area contributed by atoms with Crippen LogP contribution in [0.4, 0.5) is 5.69 Å². The van der Waals surface area contributed by atoms with Crippen molar-refractivity contribution in [3.05, 3.63) is 24.0 Å². The standard InChI is InChI=1S/C16H27N3/c1-13(2)9-10-19(16-5-3-4-6-16)12-15-8-7-14(17)11-18-15/h7-8,11,13,16H,3-6,9-10,12,17H2,1-2H3. The first-order valence-corrected chi connectivity index (χ1v) is 7.59. The second kappa shape index (κ2) is 6.90. The summed E-state index contributed by atoms with van der Waals surface area (Å²) in [6.45, 7) is 6.76. The number of hydrogen-bond donors (Lipinski definition) is 1. The quantitative estimate of drug-likeness (QED) is 0.852. The Kier molecular flexibility index (Phi) is 5.20. The van der Waals surface area contributed by atoms with E-state index in [9.17, 15) is 0 Å². The maximum absolute atomic E-state index is 5.70. The maximum atomic E-state index is 5.70. The third kappa shape index (κ3) is 4.50. The minimum Gasteiger partial charge on any atom is -0.397 e. The van der Waals surface area contributed by atoms with E-state index >= 15 is 0 Å². The Morgan fingerprint density at radius 3 is 2.63 bits per heavy atom. The Hall–Kier alpha value is -1.09. The van der Waals surface area contributed by atoms with Crippen molar-refractivity contribution in [1.29, 1.82) is 0 Å². The predicted octanol–water partition coefficient (Wildman–Crippen LogP) is 3.45. The lowest BCUT2D eigenvalue weighted by molar-refractivity contribution is 0.177. The van der Waals surface area contributed by atoms with Crippen LogP contribution in [0.25, 0.3) is 0 Å². The second-order valence-electron chi connectivity index (χ2n) is 6.17. The van der Waals surface area contributed by atoms with Gasteiger partial charge in [-0.1, -0.05) is 26.7 Å². The fourth-order valence-corrected chi connectivity index (χ4v) is 2.82. The molecule has 1 aromatic rings. The van der Waals surface area contributed by atoms with E-state index in [0.717, 1.165) is 29.9 Å². The van der Waals surface area contributed by atoms with Gasteiger partial charge in [0.15, 0.2) is 0 Å². The van der Waals surface area contributed by atoms with Gasteiger partial charge in [-0.05, 0) is 43.9 Å². The van der Waals surface area contributed by atoms with Crippen LogP contribution in [-0.2, 0) is 6.54 Å². The molecule has 0 saturated heterocycles. The third-order valence-corrected chi connectivity index (χ3v) is 4.05. The van der Waals surface area contributed by atoms with Gasteiger partial charge in [0.2, 0.25) is 0 Å². The van der Waals surface area contributed by atoms with E-state index in [1.807, 2.05) is 6.07 Å². The van der Waals surface area contributed by atoms with E-state index in [4.69, 9.17) is 5.73 Å². The number of nitrogens with zero attached hydrogens (tertiary/aromatic N) is 2. The second-order valence-corrected chi connectivity index (χ2v) is 6.17. The molecule has 1 aromatic heterocycles. The van der Waals surface area contributed by atoms with Crippen LogP contribution in [0.2, 0.25) is 0 Å². The minimum absolute atomic E-state index is 0.748. The minimum atomic E-state index is 0.748. The molecule has 0 spiro atoms. The molecule has 1 aliphatic carbocycles. The van der Waals surface area contributed by atoms with Gasteiger partial charge < -0.3 is 5.73 Å². The molecule has 0 unspecified atom stereocenters. The summed E-state index contributed by atoms with van der Waals surface area (Å²) < 4.78 is 0. The summed E-state index contributed by atoms with van der Waals surface area (Å²) in [6.07, 6.45) is 8.52. The van der Waals surface area contributed by atoms with Crippen LogP contribution < -0.4 is 5.73 Å². The number of nitrogen functional groups attached to an aromatic ring is 1. The molecule has 1 saturated carbocycles. The van der Waals surface area contributed by atoms with E-state index in [2.05, 4.69) is 29.8 Å². The first-order valence-electron chi connectivity index (χ1n) is 7.59. The Labute approximate surface area is 117 Å². The molecule has 0 aliphatic heterocycles. The molecule has 0 amide bonds. The van der Waals surface area contributed by atoms with Crippen molar-refractivity contribution in [3.8, 4) is 0 Å². The highest BCUT2D eigenvalue weighted by molar-refractivity contribution is 5.34. The Bertz CT molecular complexity index is 366. The molecule has 19 heavy (non-hydrogen) atoms. The highest BCUT2D eigenvalue weighted by Gasteiger charge is 2.22. The Morgan fingerprint density at radius 1 is 1.32 bits per heavy atom.